The van der Waals surface area contributed by atoms with E-state index in [9.17, 15) is 0 Å². The van der Waals surface area contributed by atoms with Gasteiger partial charge in [-0.2, -0.15) is 0 Å². The lowest BCUT2D eigenvalue weighted by molar-refractivity contribution is 0.768. The van der Waals surface area contributed by atoms with E-state index in [1.165, 1.54) is 55.3 Å². The van der Waals surface area contributed by atoms with Gasteiger partial charge in [-0.15, -0.1) is 0 Å². The molecule has 0 fully saturated rings. The summed E-state index contributed by atoms with van der Waals surface area (Å²) in [6.07, 6.45) is 0. The monoisotopic (exact) mass is 611 g/mol. The van der Waals surface area contributed by atoms with Gasteiger partial charge in [0.25, 0.3) is 0 Å². The maximum Gasteiger partial charge on any atom is 0.0714 e. The number of hydrogen-bond donors (Lipinski definition) is 0. The van der Waals surface area contributed by atoms with Gasteiger partial charge in [-0.25, -0.2) is 0 Å². The fraction of sp³-hybridized carbons (Fsp3) is 0.0213. The van der Waals surface area contributed by atoms with Crippen LogP contribution in [0.3, 0.4) is 0 Å². The summed E-state index contributed by atoms with van der Waals surface area (Å²) in [4.78, 5) is 2.48. The molecule has 1 aliphatic rings. The minimum Gasteiger partial charge on any atom is -0.309 e. The van der Waals surface area contributed by atoms with Crippen LogP contribution in [0.5, 0.6) is 0 Å². The molecule has 1 aliphatic carbocycles. The van der Waals surface area contributed by atoms with E-state index in [1.807, 2.05) is 0 Å². The van der Waals surface area contributed by atoms with Crippen LogP contribution in [0.25, 0.3) is 33.0 Å². The summed E-state index contributed by atoms with van der Waals surface area (Å²) in [5.41, 5.74) is 13.0. The van der Waals surface area contributed by atoms with Gasteiger partial charge in [0.15, 0.2) is 0 Å². The van der Waals surface area contributed by atoms with Crippen LogP contribution in [0, 0.1) is 0 Å². The van der Waals surface area contributed by atoms with Gasteiger partial charge in [0.05, 0.1) is 16.8 Å². The molecule has 0 heterocycles. The van der Waals surface area contributed by atoms with Crippen LogP contribution in [0.4, 0.5) is 17.1 Å². The van der Waals surface area contributed by atoms with Crippen molar-refractivity contribution in [2.24, 2.45) is 0 Å². The maximum absolute atomic E-state index is 2.48. The number of fused-ring (bicyclic) bond motifs is 4. The topological polar surface area (TPSA) is 3.24 Å². The summed E-state index contributed by atoms with van der Waals surface area (Å²) in [5.74, 6) is 0. The van der Waals surface area contributed by atoms with E-state index in [1.54, 1.807) is 0 Å². The quantitative estimate of drug-likeness (QED) is 0.181. The number of benzene rings is 8. The van der Waals surface area contributed by atoms with E-state index >= 15 is 0 Å². The molecule has 0 bridgehead atoms. The number of rotatable bonds is 6. The average molecular weight is 612 g/mol. The van der Waals surface area contributed by atoms with Crippen LogP contribution in [0.1, 0.15) is 22.3 Å². The van der Waals surface area contributed by atoms with Gasteiger partial charge in [0.1, 0.15) is 0 Å². The van der Waals surface area contributed by atoms with Crippen LogP contribution >= 0.6 is 0 Å². The molecule has 0 atom stereocenters. The van der Waals surface area contributed by atoms with Gasteiger partial charge < -0.3 is 4.90 Å². The molecule has 0 aromatic heterocycles. The Labute approximate surface area is 282 Å². The number of anilines is 3. The second-order valence-corrected chi connectivity index (χ2v) is 12.5. The molecule has 0 amide bonds. The maximum atomic E-state index is 2.48. The van der Waals surface area contributed by atoms with Crippen molar-refractivity contribution in [1.82, 2.24) is 0 Å². The van der Waals surface area contributed by atoms with Crippen LogP contribution in [0.15, 0.2) is 200 Å². The van der Waals surface area contributed by atoms with Crippen molar-refractivity contribution in [3.05, 3.63) is 222 Å². The van der Waals surface area contributed by atoms with E-state index < -0.39 is 5.41 Å². The van der Waals surface area contributed by atoms with Crippen LogP contribution in [-0.2, 0) is 5.41 Å². The third kappa shape index (κ3) is 4.32. The van der Waals surface area contributed by atoms with E-state index in [0.717, 1.165) is 17.1 Å². The molecule has 0 spiro atoms. The largest absolute Gasteiger partial charge is 0.309 e. The first-order valence-corrected chi connectivity index (χ1v) is 16.6. The highest BCUT2D eigenvalue weighted by Crippen LogP contribution is 2.59. The zero-order valence-corrected chi connectivity index (χ0v) is 26.5. The summed E-state index contributed by atoms with van der Waals surface area (Å²) in [5, 5.41) is 2.44. The molecule has 0 aliphatic heterocycles. The number of nitrogens with zero attached hydrogens (tertiary/aromatic N) is 1. The third-order valence-corrected chi connectivity index (χ3v) is 9.91. The molecule has 226 valence electrons. The standard InChI is InChI=1S/C47H33N/c1-5-18-34(19-6-1)41-32-35-20-13-14-21-36(35)33-45(41)48(39-26-11-4-12-27-39)44-31-17-30-43-46(44)40-28-15-16-29-42(40)47(43,37-22-7-2-8-23-37)38-24-9-3-10-25-38/h1-33H. The summed E-state index contributed by atoms with van der Waals surface area (Å²) in [7, 11) is 0. The van der Waals surface area contributed by atoms with Crippen LogP contribution in [0.2, 0.25) is 0 Å². The van der Waals surface area contributed by atoms with Crippen molar-refractivity contribution in [2.75, 3.05) is 4.90 Å². The Morgan fingerprint density at radius 2 is 0.875 bits per heavy atom. The van der Waals surface area contributed by atoms with E-state index in [2.05, 4.69) is 205 Å². The molecule has 0 N–H and O–H groups in total. The first-order valence-electron chi connectivity index (χ1n) is 16.6. The van der Waals surface area contributed by atoms with Gasteiger partial charge >= 0.3 is 0 Å². The molecule has 8 aromatic rings. The second-order valence-electron chi connectivity index (χ2n) is 12.5. The van der Waals surface area contributed by atoms with Crippen molar-refractivity contribution < 1.29 is 0 Å². The van der Waals surface area contributed by atoms with Gasteiger partial charge in [0, 0.05) is 16.8 Å². The highest BCUT2D eigenvalue weighted by Gasteiger charge is 2.47. The Morgan fingerprint density at radius 1 is 0.354 bits per heavy atom. The molecule has 0 saturated carbocycles. The SMILES string of the molecule is c1ccc(-c2cc3ccccc3cc2N(c2ccccc2)c2cccc3c2-c2ccccc2C3(c2ccccc2)c2ccccc2)cc1. The fourth-order valence-corrected chi connectivity index (χ4v) is 7.91. The molecule has 1 heteroatoms. The second kappa shape index (κ2) is 11.6. The van der Waals surface area contributed by atoms with Crippen LogP contribution in [-0.4, -0.2) is 0 Å². The van der Waals surface area contributed by atoms with Gasteiger partial charge in [-0.1, -0.05) is 170 Å². The first-order chi connectivity index (χ1) is 23.8. The Bertz CT molecular complexity index is 2340. The summed E-state index contributed by atoms with van der Waals surface area (Å²) < 4.78 is 0. The zero-order valence-electron chi connectivity index (χ0n) is 26.5. The van der Waals surface area contributed by atoms with Gasteiger partial charge in [-0.3, -0.25) is 0 Å². The minimum atomic E-state index is -0.474. The molecule has 0 saturated heterocycles. The molecular weight excluding hydrogens is 579 g/mol. The van der Waals surface area contributed by atoms with Crippen molar-refractivity contribution in [2.45, 2.75) is 5.41 Å². The Morgan fingerprint density at radius 3 is 1.54 bits per heavy atom. The highest BCUT2D eigenvalue weighted by molar-refractivity contribution is 6.02. The summed E-state index contributed by atoms with van der Waals surface area (Å²) in [6.45, 7) is 0. The van der Waals surface area contributed by atoms with Crippen molar-refractivity contribution in [1.29, 1.82) is 0 Å². The van der Waals surface area contributed by atoms with E-state index in [-0.39, 0.29) is 0 Å². The molecule has 1 nitrogen and oxygen atoms in total. The first kappa shape index (κ1) is 28.1. The highest BCUT2D eigenvalue weighted by atomic mass is 15.1. The fourth-order valence-electron chi connectivity index (χ4n) is 7.91. The normalized spacial score (nSPS) is 12.8. The predicted molar refractivity (Wildman–Crippen MR) is 201 cm³/mol. The smallest absolute Gasteiger partial charge is 0.0714 e. The predicted octanol–water partition coefficient (Wildman–Crippen LogP) is 12.3. The van der Waals surface area contributed by atoms with Crippen molar-refractivity contribution in [3.63, 3.8) is 0 Å². The Hall–Kier alpha value is -6.18. The molecular formula is C47H33N. The minimum absolute atomic E-state index is 0.474. The molecule has 9 rings (SSSR count). The van der Waals surface area contributed by atoms with Gasteiger partial charge in [0.2, 0.25) is 0 Å². The number of para-hydroxylation sites is 1. The van der Waals surface area contributed by atoms with Crippen LogP contribution < -0.4 is 4.90 Å². The lowest BCUT2D eigenvalue weighted by Crippen LogP contribution is -2.28. The Kier molecular flexibility index (Phi) is 6.76. The summed E-state index contributed by atoms with van der Waals surface area (Å²) >= 11 is 0. The molecule has 8 aromatic carbocycles. The lowest BCUT2D eigenvalue weighted by Gasteiger charge is -2.34. The van der Waals surface area contributed by atoms with E-state index in [0.29, 0.717) is 0 Å². The number of hydrogen-bond acceptors (Lipinski definition) is 1. The van der Waals surface area contributed by atoms with E-state index in [4.69, 9.17) is 0 Å². The summed E-state index contributed by atoms with van der Waals surface area (Å²) in [6, 6.07) is 73.0. The molecule has 0 radical (unpaired) electrons. The van der Waals surface area contributed by atoms with Crippen molar-refractivity contribution in [3.8, 4) is 22.3 Å². The van der Waals surface area contributed by atoms with Gasteiger partial charge in [-0.05, 0) is 74.5 Å². The third-order valence-electron chi connectivity index (χ3n) is 9.91. The zero-order chi connectivity index (χ0) is 31.9. The molecule has 0 unspecified atom stereocenters. The Balaban J connectivity index is 1.41. The van der Waals surface area contributed by atoms with Crippen molar-refractivity contribution >= 4 is 27.8 Å². The lowest BCUT2D eigenvalue weighted by atomic mass is 9.68. The average Bonchev–Trinajstić information content (AvgIpc) is 3.48. The molecule has 48 heavy (non-hydrogen) atoms.